The molecule has 0 radical (unpaired) electrons. The number of rotatable bonds is 6. The van der Waals surface area contributed by atoms with Crippen molar-refractivity contribution in [3.63, 3.8) is 0 Å². The Morgan fingerprint density at radius 2 is 2.10 bits per heavy atom. The van der Waals surface area contributed by atoms with Crippen molar-refractivity contribution in [1.29, 1.82) is 0 Å². The fraction of sp³-hybridized carbons (Fsp3) is 0.722. The van der Waals surface area contributed by atoms with Crippen molar-refractivity contribution in [2.45, 2.75) is 62.8 Å². The molecule has 2 fully saturated rings. The van der Waals surface area contributed by atoms with Gasteiger partial charge in [0, 0.05) is 31.8 Å². The van der Waals surface area contributed by atoms with Gasteiger partial charge in [-0.2, -0.15) is 5.10 Å². The second-order valence-electron chi connectivity index (χ2n) is 7.70. The first kappa shape index (κ1) is 22.7. The predicted molar refractivity (Wildman–Crippen MR) is 104 cm³/mol. The predicted octanol–water partition coefficient (Wildman–Crippen LogP) is 1.13. The van der Waals surface area contributed by atoms with Crippen LogP contribution in [0.15, 0.2) is 11.0 Å². The molecule has 0 spiro atoms. The molecule has 1 saturated carbocycles. The summed E-state index contributed by atoms with van der Waals surface area (Å²) >= 11 is 6.17. The van der Waals surface area contributed by atoms with Crippen LogP contribution in [-0.4, -0.2) is 70.0 Å². The Morgan fingerprint density at radius 3 is 2.77 bits per heavy atom. The monoisotopic (exact) mass is 450 g/mol. The second kappa shape index (κ2) is 9.44. The van der Waals surface area contributed by atoms with E-state index < -0.39 is 36.4 Å². The first-order valence-corrected chi connectivity index (χ1v) is 10.2. The van der Waals surface area contributed by atoms with Crippen molar-refractivity contribution in [3.05, 3.63) is 21.6 Å². The van der Waals surface area contributed by atoms with Gasteiger partial charge >= 0.3 is 6.09 Å². The van der Waals surface area contributed by atoms with Gasteiger partial charge in [0.15, 0.2) is 0 Å². The molecule has 3 N–H and O–H groups in total. The molecule has 9 nitrogen and oxygen atoms in total. The molecule has 0 aromatic carbocycles. The molecule has 1 aromatic rings. The van der Waals surface area contributed by atoms with E-state index in [9.17, 15) is 23.5 Å². The Labute approximate surface area is 176 Å². The zero-order chi connectivity index (χ0) is 21.9. The molecule has 1 amide bonds. The summed E-state index contributed by atoms with van der Waals surface area (Å²) < 4.78 is 32.8. The smallest absolute Gasteiger partial charge is 0.407 e. The van der Waals surface area contributed by atoms with Gasteiger partial charge in [0.05, 0.1) is 37.7 Å². The minimum atomic E-state index is -2.66. The maximum absolute atomic E-state index is 13.2. The summed E-state index contributed by atoms with van der Waals surface area (Å²) in [5, 5.41) is 24.9. The first-order chi connectivity index (χ1) is 14.2. The van der Waals surface area contributed by atoms with Crippen LogP contribution in [0.3, 0.4) is 0 Å². The highest BCUT2D eigenvalue weighted by Crippen LogP contribution is 2.33. The van der Waals surface area contributed by atoms with E-state index in [1.54, 1.807) is 4.90 Å². The van der Waals surface area contributed by atoms with Crippen molar-refractivity contribution < 1.29 is 28.5 Å². The largest absolute Gasteiger partial charge is 0.444 e. The third kappa shape index (κ3) is 5.58. The molecule has 1 aliphatic heterocycles. The second-order valence-corrected chi connectivity index (χ2v) is 8.08. The molecule has 1 aromatic heterocycles. The summed E-state index contributed by atoms with van der Waals surface area (Å²) in [7, 11) is 0. The number of aromatic nitrogens is 2. The van der Waals surface area contributed by atoms with E-state index in [0.717, 1.165) is 4.68 Å². The Morgan fingerprint density at radius 1 is 1.40 bits per heavy atom. The molecule has 2 heterocycles. The lowest BCUT2D eigenvalue weighted by atomic mass is 9.92. The molecule has 168 valence electrons. The molecular formula is C18H25ClF2N4O5. The van der Waals surface area contributed by atoms with Crippen LogP contribution in [0.25, 0.3) is 0 Å². The van der Waals surface area contributed by atoms with E-state index in [2.05, 4.69) is 10.4 Å². The van der Waals surface area contributed by atoms with Crippen molar-refractivity contribution in [1.82, 2.24) is 15.1 Å². The summed E-state index contributed by atoms with van der Waals surface area (Å²) in [6, 6.07) is -0.324. The van der Waals surface area contributed by atoms with E-state index in [4.69, 9.17) is 21.4 Å². The summed E-state index contributed by atoms with van der Waals surface area (Å²) in [4.78, 5) is 26.2. The van der Waals surface area contributed by atoms with Gasteiger partial charge in [-0.25, -0.2) is 18.3 Å². The number of anilines is 1. The van der Waals surface area contributed by atoms with Crippen LogP contribution in [0.1, 0.15) is 32.1 Å². The minimum Gasteiger partial charge on any atom is -0.444 e. The van der Waals surface area contributed by atoms with Crippen molar-refractivity contribution in [2.24, 2.45) is 0 Å². The Balaban J connectivity index is 1.53. The zero-order valence-corrected chi connectivity index (χ0v) is 17.0. The molecule has 1 unspecified atom stereocenters. The molecule has 1 aliphatic carbocycles. The van der Waals surface area contributed by atoms with Gasteiger partial charge in [-0.3, -0.25) is 4.79 Å². The summed E-state index contributed by atoms with van der Waals surface area (Å²) in [5.74, 6) is -2.66. The topological polar surface area (TPSA) is 117 Å². The lowest BCUT2D eigenvalue weighted by molar-refractivity contribution is -0.0406. The normalized spacial score (nSPS) is 22.7. The lowest BCUT2D eigenvalue weighted by Gasteiger charge is -2.28. The van der Waals surface area contributed by atoms with Crippen molar-refractivity contribution >= 4 is 23.4 Å². The molecule has 1 saturated heterocycles. The van der Waals surface area contributed by atoms with Gasteiger partial charge in [0.2, 0.25) is 5.92 Å². The maximum Gasteiger partial charge on any atom is 0.407 e. The molecule has 12 heteroatoms. The van der Waals surface area contributed by atoms with Gasteiger partial charge < -0.3 is 25.2 Å². The Kier molecular flexibility index (Phi) is 7.14. The highest BCUT2D eigenvalue weighted by atomic mass is 35.5. The zero-order valence-electron chi connectivity index (χ0n) is 16.3. The highest BCUT2D eigenvalue weighted by Gasteiger charge is 2.36. The highest BCUT2D eigenvalue weighted by molar-refractivity contribution is 6.33. The minimum absolute atomic E-state index is 0.0802. The number of halogens is 3. The van der Waals surface area contributed by atoms with Crippen molar-refractivity contribution in [3.8, 4) is 0 Å². The molecular weight excluding hydrogens is 426 g/mol. The van der Waals surface area contributed by atoms with Gasteiger partial charge in [-0.1, -0.05) is 11.6 Å². The lowest BCUT2D eigenvalue weighted by Crippen LogP contribution is -2.42. The number of alkyl carbamates (subject to hydrolysis) is 1. The number of alkyl halides is 2. The number of aliphatic hydroxyl groups excluding tert-OH is 2. The Hall–Kier alpha value is -1.98. The van der Waals surface area contributed by atoms with Gasteiger partial charge in [0.1, 0.15) is 11.1 Å². The summed E-state index contributed by atoms with van der Waals surface area (Å²) in [5.41, 5.74) is -0.213. The average molecular weight is 451 g/mol. The van der Waals surface area contributed by atoms with Gasteiger partial charge in [-0.05, 0) is 12.8 Å². The average Bonchev–Trinajstić information content (AvgIpc) is 3.15. The fourth-order valence-corrected chi connectivity index (χ4v) is 3.91. The van der Waals surface area contributed by atoms with Crippen LogP contribution in [-0.2, 0) is 11.3 Å². The van der Waals surface area contributed by atoms with E-state index in [-0.39, 0.29) is 43.3 Å². The van der Waals surface area contributed by atoms with Crippen molar-refractivity contribution in [2.75, 3.05) is 24.6 Å². The van der Waals surface area contributed by atoms with Crippen LogP contribution in [0.4, 0.5) is 19.3 Å². The third-order valence-corrected chi connectivity index (χ3v) is 5.71. The maximum atomic E-state index is 13.2. The molecule has 2 aliphatic rings. The number of nitrogens with zero attached hydrogens (tertiary/aromatic N) is 3. The van der Waals surface area contributed by atoms with Gasteiger partial charge in [0.25, 0.3) is 5.56 Å². The van der Waals surface area contributed by atoms with Crippen LogP contribution in [0.2, 0.25) is 5.02 Å². The summed E-state index contributed by atoms with van der Waals surface area (Å²) in [6.07, 6.45) is -0.390. The molecule has 2 atom stereocenters. The summed E-state index contributed by atoms with van der Waals surface area (Å²) in [6.45, 7) is 0.0936. The molecule has 30 heavy (non-hydrogen) atoms. The number of aliphatic hydroxyl groups is 2. The van der Waals surface area contributed by atoms with E-state index in [1.165, 1.54) is 6.20 Å². The van der Waals surface area contributed by atoms with E-state index in [0.29, 0.717) is 25.2 Å². The van der Waals surface area contributed by atoms with Crippen LogP contribution in [0, 0.1) is 0 Å². The number of carbonyl (C=O) groups is 1. The number of hydrogen-bond acceptors (Lipinski definition) is 7. The van der Waals surface area contributed by atoms with E-state index in [1.807, 2.05) is 0 Å². The van der Waals surface area contributed by atoms with Crippen LogP contribution in [0.5, 0.6) is 0 Å². The fourth-order valence-electron chi connectivity index (χ4n) is 3.64. The van der Waals surface area contributed by atoms with Crippen LogP contribution >= 0.6 is 11.6 Å². The number of hydrogen-bond donors (Lipinski definition) is 3. The number of nitrogens with one attached hydrogen (secondary N) is 1. The molecule has 3 rings (SSSR count). The van der Waals surface area contributed by atoms with Crippen LogP contribution < -0.4 is 15.8 Å². The number of carbonyl (C=O) groups excluding carboxylic acids is 1. The quantitative estimate of drug-likeness (QED) is 0.594. The van der Waals surface area contributed by atoms with Gasteiger partial charge in [-0.15, -0.1) is 0 Å². The molecule has 0 bridgehead atoms. The number of amides is 1. The third-order valence-electron chi connectivity index (χ3n) is 5.36. The van der Waals surface area contributed by atoms with E-state index >= 15 is 0 Å². The SMILES string of the molecule is O=C(NC1CCC(F)(F)CC1)O[C@@H]1CCN(c2cnn(CC(O)CO)c(=O)c2Cl)C1. The Bertz CT molecular complexity index is 814. The number of ether oxygens (including phenoxy) is 1. The first-order valence-electron chi connectivity index (χ1n) is 9.83. The standard InChI is InChI=1S/C18H25ClF2N4O5/c19-15-14(7-22-25(16(15)28)8-12(27)10-26)24-6-3-13(9-24)30-17(29)23-11-1-4-18(20,21)5-2-11/h7,11-13,26-27H,1-6,8-10H2,(H,23,29)/t12?,13-/m1/s1.